The number of phenolic OH excluding ortho intramolecular Hbond substituents is 2. The average Bonchev–Trinajstić information content (AvgIpc) is 2.04. The summed E-state index contributed by atoms with van der Waals surface area (Å²) in [5, 5.41) is 18.8. The second kappa shape index (κ2) is 4.11. The van der Waals surface area contributed by atoms with Crippen molar-refractivity contribution in [1.29, 1.82) is 0 Å². The summed E-state index contributed by atoms with van der Waals surface area (Å²) in [6.07, 6.45) is 0. The lowest BCUT2D eigenvalue weighted by Crippen LogP contribution is -2.16. The topological polar surface area (TPSA) is 75.7 Å². The first-order valence-corrected chi connectivity index (χ1v) is 3.92. The molecular weight excluding hydrogens is 170 g/mol. The van der Waals surface area contributed by atoms with Crippen LogP contribution in [-0.4, -0.2) is 23.9 Å². The van der Waals surface area contributed by atoms with Crippen molar-refractivity contribution in [1.82, 2.24) is 0 Å². The molecule has 1 aromatic rings. The van der Waals surface area contributed by atoms with Gasteiger partial charge >= 0.3 is 0 Å². The predicted molar refractivity (Wildman–Crippen MR) is 48.6 cm³/mol. The summed E-state index contributed by atoms with van der Waals surface area (Å²) >= 11 is 0. The van der Waals surface area contributed by atoms with E-state index in [1.165, 1.54) is 19.2 Å². The first kappa shape index (κ1) is 9.83. The molecule has 1 atom stereocenters. The highest BCUT2D eigenvalue weighted by Gasteiger charge is 2.14. The van der Waals surface area contributed by atoms with Gasteiger partial charge < -0.3 is 20.7 Å². The van der Waals surface area contributed by atoms with Crippen LogP contribution in [0.2, 0.25) is 0 Å². The van der Waals surface area contributed by atoms with Gasteiger partial charge in [-0.25, -0.2) is 0 Å². The van der Waals surface area contributed by atoms with E-state index in [0.29, 0.717) is 5.56 Å². The van der Waals surface area contributed by atoms with Crippen LogP contribution >= 0.6 is 0 Å². The van der Waals surface area contributed by atoms with Crippen LogP contribution < -0.4 is 5.73 Å². The molecule has 0 aliphatic heterocycles. The predicted octanol–water partition coefficient (Wildman–Crippen LogP) is 0.744. The molecule has 4 N–H and O–H groups in total. The molecule has 0 spiro atoms. The van der Waals surface area contributed by atoms with Crippen LogP contribution in [0.3, 0.4) is 0 Å². The van der Waals surface area contributed by atoms with Gasteiger partial charge in [-0.05, 0) is 12.1 Å². The van der Waals surface area contributed by atoms with E-state index in [-0.39, 0.29) is 18.1 Å². The number of rotatable bonds is 3. The molecule has 4 heteroatoms. The maximum Gasteiger partial charge on any atom is 0.124 e. The summed E-state index contributed by atoms with van der Waals surface area (Å²) < 4.78 is 4.82. The third-order valence-electron chi connectivity index (χ3n) is 1.78. The Balaban J connectivity index is 2.98. The summed E-state index contributed by atoms with van der Waals surface area (Å²) in [7, 11) is 1.51. The Morgan fingerprint density at radius 2 is 1.92 bits per heavy atom. The van der Waals surface area contributed by atoms with Crippen LogP contribution in [0.15, 0.2) is 18.2 Å². The van der Waals surface area contributed by atoms with Gasteiger partial charge in [0.05, 0.1) is 18.2 Å². The zero-order valence-corrected chi connectivity index (χ0v) is 7.40. The smallest absolute Gasteiger partial charge is 0.124 e. The Bertz CT molecular complexity index is 268. The van der Waals surface area contributed by atoms with Crippen LogP contribution in [0, 0.1) is 0 Å². The van der Waals surface area contributed by atoms with Gasteiger partial charge in [-0.2, -0.15) is 0 Å². The van der Waals surface area contributed by atoms with Crippen molar-refractivity contribution < 1.29 is 14.9 Å². The Kier molecular flexibility index (Phi) is 3.11. The van der Waals surface area contributed by atoms with E-state index < -0.39 is 6.04 Å². The van der Waals surface area contributed by atoms with Crippen molar-refractivity contribution in [3.05, 3.63) is 23.8 Å². The molecule has 1 rings (SSSR count). The molecule has 1 aromatic carbocycles. The molecular formula is C9H13NO3. The molecule has 0 amide bonds. The third-order valence-corrected chi connectivity index (χ3v) is 1.78. The largest absolute Gasteiger partial charge is 0.507 e. The second-order valence-electron chi connectivity index (χ2n) is 2.77. The lowest BCUT2D eigenvalue weighted by atomic mass is 10.1. The maximum atomic E-state index is 9.39. The molecule has 0 unspecified atom stereocenters. The van der Waals surface area contributed by atoms with Crippen molar-refractivity contribution in [2.75, 3.05) is 13.7 Å². The van der Waals surface area contributed by atoms with Gasteiger partial charge in [-0.15, -0.1) is 0 Å². The minimum absolute atomic E-state index is 0.00968. The molecule has 0 aliphatic carbocycles. The molecule has 72 valence electrons. The number of hydrogen-bond acceptors (Lipinski definition) is 4. The lowest BCUT2D eigenvalue weighted by molar-refractivity contribution is 0.178. The zero-order chi connectivity index (χ0) is 9.84. The van der Waals surface area contributed by atoms with Gasteiger partial charge in [-0.3, -0.25) is 0 Å². The summed E-state index contributed by atoms with van der Waals surface area (Å²) in [6.45, 7) is 0.255. The highest BCUT2D eigenvalue weighted by atomic mass is 16.5. The fraction of sp³-hybridized carbons (Fsp3) is 0.333. The van der Waals surface area contributed by atoms with Gasteiger partial charge in [0, 0.05) is 7.11 Å². The molecule has 0 bridgehead atoms. The summed E-state index contributed by atoms with van der Waals surface area (Å²) in [5.41, 5.74) is 5.99. The zero-order valence-electron chi connectivity index (χ0n) is 7.40. The van der Waals surface area contributed by atoms with E-state index in [1.807, 2.05) is 0 Å². The minimum atomic E-state index is -0.508. The first-order valence-electron chi connectivity index (χ1n) is 3.92. The van der Waals surface area contributed by atoms with E-state index in [9.17, 15) is 10.2 Å². The molecule has 0 saturated heterocycles. The van der Waals surface area contributed by atoms with Crippen LogP contribution in [0.4, 0.5) is 0 Å². The van der Waals surface area contributed by atoms with E-state index >= 15 is 0 Å². The van der Waals surface area contributed by atoms with Crippen molar-refractivity contribution >= 4 is 0 Å². The highest BCUT2D eigenvalue weighted by molar-refractivity contribution is 5.45. The summed E-state index contributed by atoms with van der Waals surface area (Å²) in [5.74, 6) is -0.0194. The number of ether oxygens (including phenoxy) is 1. The summed E-state index contributed by atoms with van der Waals surface area (Å²) in [6, 6.07) is 3.99. The number of phenols is 2. The van der Waals surface area contributed by atoms with Gasteiger partial charge in [0.15, 0.2) is 0 Å². The Morgan fingerprint density at radius 3 is 2.38 bits per heavy atom. The van der Waals surface area contributed by atoms with Crippen molar-refractivity contribution in [3.8, 4) is 11.5 Å². The average molecular weight is 183 g/mol. The van der Waals surface area contributed by atoms with E-state index in [0.717, 1.165) is 0 Å². The lowest BCUT2D eigenvalue weighted by Gasteiger charge is -2.13. The van der Waals surface area contributed by atoms with Gasteiger partial charge in [0.25, 0.3) is 0 Å². The van der Waals surface area contributed by atoms with Crippen molar-refractivity contribution in [2.45, 2.75) is 6.04 Å². The van der Waals surface area contributed by atoms with Crippen molar-refractivity contribution in [3.63, 3.8) is 0 Å². The number of benzene rings is 1. The Labute approximate surface area is 76.6 Å². The van der Waals surface area contributed by atoms with Gasteiger partial charge in [0.1, 0.15) is 11.5 Å². The number of aromatic hydroxyl groups is 2. The van der Waals surface area contributed by atoms with Crippen LogP contribution in [0.5, 0.6) is 11.5 Å². The summed E-state index contributed by atoms with van der Waals surface area (Å²) in [4.78, 5) is 0. The molecule has 13 heavy (non-hydrogen) atoms. The highest BCUT2D eigenvalue weighted by Crippen LogP contribution is 2.30. The van der Waals surface area contributed by atoms with E-state index in [2.05, 4.69) is 0 Å². The quantitative estimate of drug-likeness (QED) is 0.646. The Hall–Kier alpha value is -1.26. The SMILES string of the molecule is COC[C@H](N)c1c(O)cccc1O. The third kappa shape index (κ3) is 2.11. The van der Waals surface area contributed by atoms with Gasteiger partial charge in [-0.1, -0.05) is 6.07 Å². The van der Waals surface area contributed by atoms with Gasteiger partial charge in [0.2, 0.25) is 0 Å². The molecule has 0 saturated carbocycles. The first-order chi connectivity index (χ1) is 6.16. The van der Waals surface area contributed by atoms with Crippen LogP contribution in [-0.2, 0) is 4.74 Å². The van der Waals surface area contributed by atoms with Crippen LogP contribution in [0.25, 0.3) is 0 Å². The molecule has 0 fully saturated rings. The standard InChI is InChI=1S/C9H13NO3/c1-13-5-6(10)9-7(11)3-2-4-8(9)12/h2-4,6,11-12H,5,10H2,1H3/t6-/m0/s1. The minimum Gasteiger partial charge on any atom is -0.507 e. The van der Waals surface area contributed by atoms with Crippen molar-refractivity contribution in [2.24, 2.45) is 5.73 Å². The Morgan fingerprint density at radius 1 is 1.38 bits per heavy atom. The van der Waals surface area contributed by atoms with E-state index in [1.54, 1.807) is 6.07 Å². The number of nitrogens with two attached hydrogens (primary N) is 1. The molecule has 0 aromatic heterocycles. The molecule has 4 nitrogen and oxygen atoms in total. The molecule has 0 aliphatic rings. The fourth-order valence-corrected chi connectivity index (χ4v) is 1.18. The monoisotopic (exact) mass is 183 g/mol. The second-order valence-corrected chi connectivity index (χ2v) is 2.77. The molecule has 0 radical (unpaired) electrons. The fourth-order valence-electron chi connectivity index (χ4n) is 1.18. The normalized spacial score (nSPS) is 12.8. The number of hydrogen-bond donors (Lipinski definition) is 3. The molecule has 0 heterocycles. The van der Waals surface area contributed by atoms with Crippen LogP contribution in [0.1, 0.15) is 11.6 Å². The maximum absolute atomic E-state index is 9.39. The number of methoxy groups -OCH3 is 1. The van der Waals surface area contributed by atoms with E-state index in [4.69, 9.17) is 10.5 Å².